The molecule has 1 aliphatic carbocycles. The second-order valence-electron chi connectivity index (χ2n) is 4.87. The van der Waals surface area contributed by atoms with Crippen LogP contribution >= 0.6 is 0 Å². The van der Waals surface area contributed by atoms with Crippen molar-refractivity contribution in [2.45, 2.75) is 58.5 Å². The summed E-state index contributed by atoms with van der Waals surface area (Å²) >= 11 is 0. The lowest BCUT2D eigenvalue weighted by Crippen LogP contribution is -2.13. The lowest BCUT2D eigenvalue weighted by atomic mass is 9.88. The van der Waals surface area contributed by atoms with E-state index in [2.05, 4.69) is 26.0 Å². The Bertz CT molecular complexity index is 166. The van der Waals surface area contributed by atoms with Crippen LogP contribution in [0.15, 0.2) is 12.2 Å². The average Bonchev–Trinajstić information content (AvgIpc) is 2.19. The van der Waals surface area contributed by atoms with E-state index in [4.69, 9.17) is 0 Å². The topological polar surface area (TPSA) is 20.2 Å². The number of aliphatic hydroxyl groups is 1. The molecule has 0 spiro atoms. The minimum Gasteiger partial charge on any atom is -0.393 e. The fraction of sp³-hybridized carbons (Fsp3) is 0.846. The molecular weight excluding hydrogens is 172 g/mol. The molecule has 0 saturated heterocycles. The summed E-state index contributed by atoms with van der Waals surface area (Å²) in [6, 6.07) is 0. The van der Waals surface area contributed by atoms with Crippen molar-refractivity contribution in [2.24, 2.45) is 11.8 Å². The van der Waals surface area contributed by atoms with Crippen LogP contribution in [0.4, 0.5) is 0 Å². The van der Waals surface area contributed by atoms with E-state index in [1.54, 1.807) is 0 Å². The predicted molar refractivity (Wildman–Crippen MR) is 61.2 cm³/mol. The first-order chi connectivity index (χ1) is 6.70. The predicted octanol–water partition coefficient (Wildman–Crippen LogP) is 3.53. The third-order valence-corrected chi connectivity index (χ3v) is 3.21. The maximum absolute atomic E-state index is 9.60. The molecule has 0 aromatic carbocycles. The van der Waals surface area contributed by atoms with Gasteiger partial charge in [0.25, 0.3) is 0 Å². The van der Waals surface area contributed by atoms with Crippen molar-refractivity contribution in [1.29, 1.82) is 0 Å². The largest absolute Gasteiger partial charge is 0.393 e. The van der Waals surface area contributed by atoms with Crippen LogP contribution in [0.1, 0.15) is 52.4 Å². The zero-order chi connectivity index (χ0) is 10.4. The van der Waals surface area contributed by atoms with Crippen molar-refractivity contribution >= 4 is 0 Å². The Morgan fingerprint density at radius 2 is 1.86 bits per heavy atom. The van der Waals surface area contributed by atoms with Gasteiger partial charge in [0.15, 0.2) is 0 Å². The minimum absolute atomic E-state index is 0.158. The van der Waals surface area contributed by atoms with E-state index >= 15 is 0 Å². The molecule has 0 radical (unpaired) electrons. The van der Waals surface area contributed by atoms with Gasteiger partial charge in [0, 0.05) is 0 Å². The molecule has 1 nitrogen and oxygen atoms in total. The Hall–Kier alpha value is -0.300. The summed E-state index contributed by atoms with van der Waals surface area (Å²) in [5, 5.41) is 9.60. The van der Waals surface area contributed by atoms with Crippen LogP contribution in [-0.4, -0.2) is 11.2 Å². The molecule has 82 valence electrons. The van der Waals surface area contributed by atoms with Crippen LogP contribution in [0.2, 0.25) is 0 Å². The summed E-state index contributed by atoms with van der Waals surface area (Å²) in [6.45, 7) is 4.14. The third kappa shape index (κ3) is 4.28. The fourth-order valence-corrected chi connectivity index (χ4v) is 2.01. The van der Waals surface area contributed by atoms with Gasteiger partial charge in [-0.25, -0.2) is 0 Å². The highest BCUT2D eigenvalue weighted by atomic mass is 16.3. The quantitative estimate of drug-likeness (QED) is 0.682. The second kappa shape index (κ2) is 6.23. The molecule has 0 aliphatic heterocycles. The van der Waals surface area contributed by atoms with E-state index < -0.39 is 0 Å². The Morgan fingerprint density at radius 3 is 2.43 bits per heavy atom. The molecule has 0 aromatic heterocycles. The van der Waals surface area contributed by atoms with Crippen LogP contribution in [0.3, 0.4) is 0 Å². The highest BCUT2D eigenvalue weighted by Gasteiger charge is 2.10. The number of aliphatic hydroxyl groups excluding tert-OH is 1. The highest BCUT2D eigenvalue weighted by Crippen LogP contribution is 2.24. The zero-order valence-corrected chi connectivity index (χ0v) is 9.58. The standard InChI is InChI=1S/C13H24O/c1-11(2)13(14)10-6-9-12-7-4-3-5-8-12/h6,9,11-14H,3-5,7-8,10H2,1-2H3/b9-6+. The molecule has 1 N–H and O–H groups in total. The first-order valence-corrected chi connectivity index (χ1v) is 6.05. The van der Waals surface area contributed by atoms with Gasteiger partial charge in [-0.05, 0) is 31.1 Å². The Kier molecular flexibility index (Phi) is 5.24. The Morgan fingerprint density at radius 1 is 1.21 bits per heavy atom. The molecule has 0 amide bonds. The average molecular weight is 196 g/mol. The van der Waals surface area contributed by atoms with Crippen LogP contribution in [0.25, 0.3) is 0 Å². The third-order valence-electron chi connectivity index (χ3n) is 3.21. The molecule has 0 bridgehead atoms. The van der Waals surface area contributed by atoms with Crippen molar-refractivity contribution in [3.8, 4) is 0 Å². The van der Waals surface area contributed by atoms with Crippen LogP contribution < -0.4 is 0 Å². The van der Waals surface area contributed by atoms with Crippen molar-refractivity contribution in [1.82, 2.24) is 0 Å². The number of hydrogen-bond acceptors (Lipinski definition) is 1. The molecule has 1 saturated carbocycles. The van der Waals surface area contributed by atoms with E-state index in [1.807, 2.05) is 0 Å². The van der Waals surface area contributed by atoms with E-state index in [1.165, 1.54) is 32.1 Å². The summed E-state index contributed by atoms with van der Waals surface area (Å²) in [6.07, 6.45) is 12.1. The molecule has 14 heavy (non-hydrogen) atoms. The molecule has 1 heteroatoms. The maximum atomic E-state index is 9.60. The SMILES string of the molecule is CC(C)C(O)C/C=C/C1CCCCC1. The van der Waals surface area contributed by atoms with E-state index in [-0.39, 0.29) is 6.10 Å². The second-order valence-corrected chi connectivity index (χ2v) is 4.87. The van der Waals surface area contributed by atoms with Gasteiger partial charge in [-0.2, -0.15) is 0 Å². The van der Waals surface area contributed by atoms with Crippen molar-refractivity contribution in [3.05, 3.63) is 12.2 Å². The Labute approximate surface area is 88.2 Å². The first kappa shape index (κ1) is 11.8. The van der Waals surface area contributed by atoms with Crippen LogP contribution in [-0.2, 0) is 0 Å². The van der Waals surface area contributed by atoms with Gasteiger partial charge >= 0.3 is 0 Å². The number of rotatable bonds is 4. The molecule has 0 aromatic rings. The van der Waals surface area contributed by atoms with Gasteiger partial charge in [-0.3, -0.25) is 0 Å². The lowest BCUT2D eigenvalue weighted by molar-refractivity contribution is 0.128. The van der Waals surface area contributed by atoms with Gasteiger partial charge in [-0.1, -0.05) is 45.3 Å². The first-order valence-electron chi connectivity index (χ1n) is 6.05. The number of hydrogen-bond donors (Lipinski definition) is 1. The Balaban J connectivity index is 2.18. The summed E-state index contributed by atoms with van der Waals surface area (Å²) in [4.78, 5) is 0. The number of allylic oxidation sites excluding steroid dienone is 1. The minimum atomic E-state index is -0.158. The smallest absolute Gasteiger partial charge is 0.0597 e. The summed E-state index contributed by atoms with van der Waals surface area (Å²) in [7, 11) is 0. The van der Waals surface area contributed by atoms with E-state index in [0.29, 0.717) is 5.92 Å². The summed E-state index contributed by atoms with van der Waals surface area (Å²) < 4.78 is 0. The highest BCUT2D eigenvalue weighted by molar-refractivity contribution is 4.91. The molecule has 1 atom stereocenters. The van der Waals surface area contributed by atoms with Gasteiger partial charge in [0.05, 0.1) is 6.10 Å². The fourth-order valence-electron chi connectivity index (χ4n) is 2.01. The molecule has 0 heterocycles. The summed E-state index contributed by atoms with van der Waals surface area (Å²) in [5.41, 5.74) is 0. The monoisotopic (exact) mass is 196 g/mol. The lowest BCUT2D eigenvalue weighted by Gasteiger charge is -2.18. The van der Waals surface area contributed by atoms with Crippen molar-refractivity contribution < 1.29 is 5.11 Å². The zero-order valence-electron chi connectivity index (χ0n) is 9.58. The van der Waals surface area contributed by atoms with E-state index in [0.717, 1.165) is 12.3 Å². The van der Waals surface area contributed by atoms with Gasteiger partial charge in [0.1, 0.15) is 0 Å². The van der Waals surface area contributed by atoms with E-state index in [9.17, 15) is 5.11 Å². The summed E-state index contributed by atoms with van der Waals surface area (Å²) in [5.74, 6) is 1.18. The maximum Gasteiger partial charge on any atom is 0.0597 e. The van der Waals surface area contributed by atoms with Crippen molar-refractivity contribution in [2.75, 3.05) is 0 Å². The molecular formula is C13H24O. The molecule has 1 aliphatic rings. The normalized spacial score (nSPS) is 22.0. The van der Waals surface area contributed by atoms with Crippen molar-refractivity contribution in [3.63, 3.8) is 0 Å². The van der Waals surface area contributed by atoms with Gasteiger partial charge < -0.3 is 5.11 Å². The van der Waals surface area contributed by atoms with Gasteiger partial charge in [-0.15, -0.1) is 0 Å². The molecule has 1 fully saturated rings. The molecule has 1 unspecified atom stereocenters. The van der Waals surface area contributed by atoms with Crippen LogP contribution in [0, 0.1) is 11.8 Å². The van der Waals surface area contributed by atoms with Gasteiger partial charge in [0.2, 0.25) is 0 Å². The molecule has 1 rings (SSSR count). The van der Waals surface area contributed by atoms with Crippen LogP contribution in [0.5, 0.6) is 0 Å².